The minimum Gasteiger partial charge on any atom is -0.368 e. The van der Waals surface area contributed by atoms with Gasteiger partial charge in [0, 0.05) is 26.2 Å². The van der Waals surface area contributed by atoms with E-state index in [1.54, 1.807) is 24.4 Å². The van der Waals surface area contributed by atoms with Crippen molar-refractivity contribution in [3.8, 4) is 0 Å². The van der Waals surface area contributed by atoms with E-state index in [2.05, 4.69) is 26.6 Å². The van der Waals surface area contributed by atoms with Crippen molar-refractivity contribution in [3.05, 3.63) is 47.7 Å². The number of rotatable bonds is 4. The highest BCUT2D eigenvalue weighted by atomic mass is 32.2. The van der Waals surface area contributed by atoms with E-state index in [4.69, 9.17) is 0 Å². The van der Waals surface area contributed by atoms with Crippen LogP contribution in [0.5, 0.6) is 0 Å². The fraction of sp³-hybridized carbons (Fsp3) is 0.389. The van der Waals surface area contributed by atoms with Crippen LogP contribution in [0.1, 0.15) is 11.1 Å². The molecule has 7 heteroatoms. The maximum Gasteiger partial charge on any atom is 0.263 e. The SMILES string of the molecule is Cc1ccc(S(=O)(=O)Nc2ccc(N3CCN(C)CC3)cn2)cc1C. The highest BCUT2D eigenvalue weighted by Crippen LogP contribution is 2.20. The maximum atomic E-state index is 12.5. The van der Waals surface area contributed by atoms with Crippen LogP contribution < -0.4 is 9.62 Å². The van der Waals surface area contributed by atoms with Crippen LogP contribution in [0.4, 0.5) is 11.5 Å². The number of hydrogen-bond donors (Lipinski definition) is 1. The predicted molar refractivity (Wildman–Crippen MR) is 101 cm³/mol. The number of pyridine rings is 1. The Morgan fingerprint density at radius 2 is 1.72 bits per heavy atom. The van der Waals surface area contributed by atoms with E-state index < -0.39 is 10.0 Å². The molecule has 1 aliphatic rings. The van der Waals surface area contributed by atoms with Crippen LogP contribution in [0.2, 0.25) is 0 Å². The Kier molecular flexibility index (Phi) is 4.96. The summed E-state index contributed by atoms with van der Waals surface area (Å²) in [5, 5.41) is 0. The molecule has 0 bridgehead atoms. The molecule has 134 valence electrons. The summed E-state index contributed by atoms with van der Waals surface area (Å²) in [6.07, 6.45) is 1.73. The van der Waals surface area contributed by atoms with Gasteiger partial charge in [0.1, 0.15) is 5.82 Å². The molecule has 6 nitrogen and oxygen atoms in total. The van der Waals surface area contributed by atoms with Crippen molar-refractivity contribution in [2.45, 2.75) is 18.7 Å². The van der Waals surface area contributed by atoms with Gasteiger partial charge in [-0.2, -0.15) is 0 Å². The Bertz CT molecular complexity index is 842. The fourth-order valence-corrected chi connectivity index (χ4v) is 3.87. The second-order valence-corrected chi connectivity index (χ2v) is 8.23. The molecule has 0 unspecified atom stereocenters. The largest absolute Gasteiger partial charge is 0.368 e. The molecule has 0 saturated carbocycles. The van der Waals surface area contributed by atoms with E-state index in [0.29, 0.717) is 5.82 Å². The number of sulfonamides is 1. The third-order valence-electron chi connectivity index (χ3n) is 4.64. The average Bonchev–Trinajstić information content (AvgIpc) is 2.58. The van der Waals surface area contributed by atoms with Gasteiger partial charge >= 0.3 is 0 Å². The molecule has 1 aliphatic heterocycles. The smallest absolute Gasteiger partial charge is 0.263 e. The monoisotopic (exact) mass is 360 g/mol. The van der Waals surface area contributed by atoms with Crippen LogP contribution in [0.15, 0.2) is 41.4 Å². The summed E-state index contributed by atoms with van der Waals surface area (Å²) in [6.45, 7) is 7.79. The fourth-order valence-electron chi connectivity index (χ4n) is 2.78. The van der Waals surface area contributed by atoms with Crippen LogP contribution >= 0.6 is 0 Å². The van der Waals surface area contributed by atoms with Gasteiger partial charge in [-0.25, -0.2) is 13.4 Å². The van der Waals surface area contributed by atoms with Crippen LogP contribution in [0.25, 0.3) is 0 Å². The van der Waals surface area contributed by atoms with Crippen molar-refractivity contribution in [3.63, 3.8) is 0 Å². The standard InChI is InChI=1S/C18H24N4O2S/c1-14-4-6-17(12-15(14)2)25(23,24)20-18-7-5-16(13-19-18)22-10-8-21(3)9-11-22/h4-7,12-13H,8-11H2,1-3H3,(H,19,20). The van der Waals surface area contributed by atoms with E-state index >= 15 is 0 Å². The summed E-state index contributed by atoms with van der Waals surface area (Å²) in [7, 11) is -1.52. The summed E-state index contributed by atoms with van der Waals surface area (Å²) >= 11 is 0. The number of piperazine rings is 1. The number of anilines is 2. The Morgan fingerprint density at radius 3 is 2.32 bits per heavy atom. The molecule has 1 N–H and O–H groups in total. The zero-order valence-electron chi connectivity index (χ0n) is 14.9. The van der Waals surface area contributed by atoms with Gasteiger partial charge in [0.15, 0.2) is 0 Å². The maximum absolute atomic E-state index is 12.5. The lowest BCUT2D eigenvalue weighted by Crippen LogP contribution is -2.44. The molecule has 0 spiro atoms. The Balaban J connectivity index is 1.73. The van der Waals surface area contributed by atoms with Gasteiger partial charge in [0.05, 0.1) is 16.8 Å². The number of hydrogen-bond acceptors (Lipinski definition) is 5. The number of likely N-dealkylation sites (N-methyl/N-ethyl adjacent to an activating group) is 1. The van der Waals surface area contributed by atoms with Crippen molar-refractivity contribution in [1.29, 1.82) is 0 Å². The number of aryl methyl sites for hydroxylation is 2. The predicted octanol–water partition coefficient (Wildman–Crippen LogP) is 2.25. The summed E-state index contributed by atoms with van der Waals surface area (Å²) in [4.78, 5) is 9.07. The van der Waals surface area contributed by atoms with Gasteiger partial charge in [0.25, 0.3) is 10.0 Å². The van der Waals surface area contributed by atoms with Gasteiger partial charge in [-0.1, -0.05) is 6.07 Å². The molecular formula is C18H24N4O2S. The molecule has 2 aromatic rings. The number of nitrogens with zero attached hydrogens (tertiary/aromatic N) is 3. The summed E-state index contributed by atoms with van der Waals surface area (Å²) < 4.78 is 27.6. The van der Waals surface area contributed by atoms with E-state index in [1.807, 2.05) is 26.0 Å². The molecule has 3 rings (SSSR count). The molecule has 1 fully saturated rings. The van der Waals surface area contributed by atoms with Gasteiger partial charge in [-0.05, 0) is 56.3 Å². The molecule has 0 aliphatic carbocycles. The van der Waals surface area contributed by atoms with Crippen molar-refractivity contribution < 1.29 is 8.42 Å². The Hall–Kier alpha value is -2.12. The van der Waals surface area contributed by atoms with Crippen LogP contribution in [-0.4, -0.2) is 51.5 Å². The molecule has 2 heterocycles. The molecule has 1 aromatic heterocycles. The highest BCUT2D eigenvalue weighted by Gasteiger charge is 2.17. The highest BCUT2D eigenvalue weighted by molar-refractivity contribution is 7.92. The molecule has 1 aromatic carbocycles. The van der Waals surface area contributed by atoms with Crippen molar-refractivity contribution in [2.75, 3.05) is 42.8 Å². The summed E-state index contributed by atoms with van der Waals surface area (Å²) in [5.41, 5.74) is 3.03. The van der Waals surface area contributed by atoms with E-state index in [0.717, 1.165) is 43.0 Å². The minimum atomic E-state index is -3.63. The van der Waals surface area contributed by atoms with Gasteiger partial charge in [0.2, 0.25) is 0 Å². The molecule has 25 heavy (non-hydrogen) atoms. The second kappa shape index (κ2) is 7.01. The molecule has 1 saturated heterocycles. The van der Waals surface area contributed by atoms with Crippen LogP contribution in [-0.2, 0) is 10.0 Å². The minimum absolute atomic E-state index is 0.251. The van der Waals surface area contributed by atoms with Gasteiger partial charge in [-0.15, -0.1) is 0 Å². The van der Waals surface area contributed by atoms with E-state index in [-0.39, 0.29) is 4.90 Å². The zero-order valence-corrected chi connectivity index (χ0v) is 15.7. The number of benzene rings is 1. The first-order valence-electron chi connectivity index (χ1n) is 8.35. The van der Waals surface area contributed by atoms with Gasteiger partial charge in [-0.3, -0.25) is 4.72 Å². The second-order valence-electron chi connectivity index (χ2n) is 6.54. The molecule has 0 radical (unpaired) electrons. The zero-order chi connectivity index (χ0) is 18.0. The number of nitrogens with one attached hydrogen (secondary N) is 1. The normalized spacial score (nSPS) is 16.0. The first kappa shape index (κ1) is 17.7. The van der Waals surface area contributed by atoms with Gasteiger partial charge < -0.3 is 9.80 Å². The molecular weight excluding hydrogens is 336 g/mol. The van der Waals surface area contributed by atoms with E-state index in [1.165, 1.54) is 0 Å². The lowest BCUT2D eigenvalue weighted by Gasteiger charge is -2.33. The third-order valence-corrected chi connectivity index (χ3v) is 6.00. The Morgan fingerprint density at radius 1 is 1.00 bits per heavy atom. The van der Waals surface area contributed by atoms with Crippen molar-refractivity contribution >= 4 is 21.5 Å². The topological polar surface area (TPSA) is 65.5 Å². The first-order chi connectivity index (χ1) is 11.8. The first-order valence-corrected chi connectivity index (χ1v) is 9.83. The molecule has 0 atom stereocenters. The van der Waals surface area contributed by atoms with Crippen LogP contribution in [0, 0.1) is 13.8 Å². The summed E-state index contributed by atoms with van der Waals surface area (Å²) in [5.74, 6) is 0.330. The summed E-state index contributed by atoms with van der Waals surface area (Å²) in [6, 6.07) is 8.73. The van der Waals surface area contributed by atoms with Crippen LogP contribution in [0.3, 0.4) is 0 Å². The van der Waals surface area contributed by atoms with E-state index in [9.17, 15) is 8.42 Å². The average molecular weight is 360 g/mol. The lowest BCUT2D eigenvalue weighted by atomic mass is 10.1. The van der Waals surface area contributed by atoms with Crippen molar-refractivity contribution in [2.24, 2.45) is 0 Å². The quantitative estimate of drug-likeness (QED) is 0.906. The number of aromatic nitrogens is 1. The third kappa shape index (κ3) is 4.11. The Labute approximate surface area is 149 Å². The van der Waals surface area contributed by atoms with Crippen molar-refractivity contribution in [1.82, 2.24) is 9.88 Å². The lowest BCUT2D eigenvalue weighted by molar-refractivity contribution is 0.313. The molecule has 0 amide bonds.